The lowest BCUT2D eigenvalue weighted by Gasteiger charge is -2.26. The number of amidine groups is 4. The van der Waals surface area contributed by atoms with Crippen LogP contribution in [0.1, 0.15) is 33.4 Å². The molecule has 14 aromatic carbocycles. The second kappa shape index (κ2) is 29.1. The van der Waals surface area contributed by atoms with E-state index >= 15 is 0 Å². The summed E-state index contributed by atoms with van der Waals surface area (Å²) >= 11 is 0. The topological polar surface area (TPSA) is 203 Å². The van der Waals surface area contributed by atoms with Crippen LogP contribution >= 0.6 is 0 Å². The number of hydrogen-bond donors (Lipinski definition) is 4. The first-order valence-corrected chi connectivity index (χ1v) is 39.4. The minimum atomic E-state index is 0.239. The molecular formula is C104H64N16. The van der Waals surface area contributed by atoms with Gasteiger partial charge in [-0.05, 0) is 201 Å². The van der Waals surface area contributed by atoms with Gasteiger partial charge in [-0.25, -0.2) is 39.9 Å². The van der Waals surface area contributed by atoms with E-state index < -0.39 is 0 Å². The number of aromatic nitrogens is 4. The maximum atomic E-state index is 11.2. The van der Waals surface area contributed by atoms with Crippen LogP contribution in [0.5, 0.6) is 0 Å². The molecule has 16 nitrogen and oxygen atoms in total. The van der Waals surface area contributed by atoms with Crippen molar-refractivity contribution in [3.05, 3.63) is 398 Å². The molecule has 0 radical (unpaired) electrons. The Kier molecular flexibility index (Phi) is 16.9. The quantitative estimate of drug-likeness (QED) is 0.0527. The fraction of sp³-hybridized carbons (Fsp3) is 0. The maximum Gasteiger partial charge on any atom is 0.154 e. The number of allylic oxidation sites excluding steroid dienone is 2. The Morgan fingerprint density at radius 1 is 0.233 bits per heavy atom. The SMILES string of the molecule is N#C/C(=C(/C#N)c1ccc(N(c2ccc(-c3ccc(/N=C4\Nc5cccc6cccc4c56)nc3)cc2)c2ccc(-c3ccc(/N=C4\Nc5cccc6cccc4c56)nc3)cc2)cc1)c1ccc(N(c2ccc(-c3ccc(/N=C4\Nc5cccc6cccc4c56)nc3)cc2)c2ccc(-c3ccc(/N=C4\Nc5cccc6cccc4c56)nc3)cc2)cc1. The van der Waals surface area contributed by atoms with E-state index in [1.807, 2.05) is 122 Å². The lowest BCUT2D eigenvalue weighted by atomic mass is 9.95. The minimum absolute atomic E-state index is 0.239. The summed E-state index contributed by atoms with van der Waals surface area (Å²) in [5, 5.41) is 45.6. The van der Waals surface area contributed by atoms with Crippen LogP contribution in [0.25, 0.3) is 98.7 Å². The Bertz CT molecular complexity index is 6610. The average Bonchev–Trinajstić information content (AvgIpc) is 1.73. The lowest BCUT2D eigenvalue weighted by Crippen LogP contribution is -2.10. The second-order valence-electron chi connectivity index (χ2n) is 29.7. The van der Waals surface area contributed by atoms with Crippen molar-refractivity contribution in [3.8, 4) is 56.6 Å². The Labute approximate surface area is 689 Å². The number of nitrogens with one attached hydrogen (secondary N) is 4. The molecule has 18 aromatic rings. The molecule has 4 N–H and O–H groups in total. The second-order valence-corrected chi connectivity index (χ2v) is 29.7. The molecule has 0 aliphatic carbocycles. The molecule has 4 aliphatic rings. The fourth-order valence-electron chi connectivity index (χ4n) is 16.8. The maximum absolute atomic E-state index is 11.2. The zero-order valence-electron chi connectivity index (χ0n) is 64.0. The molecule has 4 aliphatic heterocycles. The van der Waals surface area contributed by atoms with E-state index in [0.717, 1.165) is 190 Å². The van der Waals surface area contributed by atoms with E-state index in [0.29, 0.717) is 34.4 Å². The molecule has 560 valence electrons. The summed E-state index contributed by atoms with van der Waals surface area (Å²) in [7, 11) is 0. The third kappa shape index (κ3) is 12.6. The minimum Gasteiger partial charge on any atom is -0.339 e. The predicted octanol–water partition coefficient (Wildman–Crippen LogP) is 25.5. The molecule has 0 saturated carbocycles. The molecule has 0 amide bonds. The summed E-state index contributed by atoms with van der Waals surface area (Å²) in [5.74, 6) is 5.47. The van der Waals surface area contributed by atoms with Gasteiger partial charge in [0.15, 0.2) is 23.3 Å². The van der Waals surface area contributed by atoms with Crippen LogP contribution in [-0.4, -0.2) is 43.3 Å². The first kappa shape index (κ1) is 69.6. The van der Waals surface area contributed by atoms with Crippen LogP contribution in [0, 0.1) is 22.7 Å². The van der Waals surface area contributed by atoms with Crippen molar-refractivity contribution in [3.63, 3.8) is 0 Å². The third-order valence-corrected chi connectivity index (χ3v) is 22.7. The first-order chi connectivity index (χ1) is 59.3. The van der Waals surface area contributed by atoms with E-state index in [1.165, 1.54) is 0 Å². The number of pyridine rings is 4. The van der Waals surface area contributed by atoms with E-state index in [4.69, 9.17) is 39.9 Å². The highest BCUT2D eigenvalue weighted by Crippen LogP contribution is 2.44. The van der Waals surface area contributed by atoms with Crippen LogP contribution in [0.2, 0.25) is 0 Å². The van der Waals surface area contributed by atoms with E-state index in [2.05, 4.69) is 286 Å². The van der Waals surface area contributed by atoms with Crippen molar-refractivity contribution in [2.75, 3.05) is 31.1 Å². The van der Waals surface area contributed by atoms with Crippen molar-refractivity contribution < 1.29 is 0 Å². The summed E-state index contributed by atoms with van der Waals surface area (Å²) in [4.78, 5) is 43.5. The van der Waals surface area contributed by atoms with Crippen LogP contribution < -0.4 is 31.1 Å². The predicted molar refractivity (Wildman–Crippen MR) is 488 cm³/mol. The summed E-state index contributed by atoms with van der Waals surface area (Å²) in [6.45, 7) is 0. The van der Waals surface area contributed by atoms with E-state index in [-0.39, 0.29) is 11.1 Å². The lowest BCUT2D eigenvalue weighted by molar-refractivity contribution is 1.26. The summed E-state index contributed by atoms with van der Waals surface area (Å²) < 4.78 is 0. The highest BCUT2D eigenvalue weighted by Gasteiger charge is 2.26. The standard InChI is InChI=1S/C104H64N16/c105-57-87(67-33-49-81(50-34-67)119(77-41-25-63(26-42-77)73-37-53-93(107-59-73)115-101-83-17-1-9-69-13-5-21-89(111-101)97(69)83)78-43-27-64(28-44-78)74-38-54-94(108-60-74)116-102-84-18-2-10-70-14-6-22-90(112-102)98(70)84)88(58-106)68-35-51-82(52-36-68)120(79-45-29-65(30-46-79)75-39-55-95(109-61-75)117-103-85-19-3-11-71-15-7-23-91(113-103)99(71)85)80-47-31-66(32-48-80)76-40-56-96(110-62-76)118-104-86-20-4-12-72-16-8-24-92(114-104)100(72)86/h1-56,59-62H,(H,107,111,115)(H,108,112,116)(H,109,113,117)(H,110,114,118)/b88-87+. The van der Waals surface area contributed by atoms with Gasteiger partial charge < -0.3 is 31.1 Å². The molecule has 0 bridgehead atoms. The summed E-state index contributed by atoms with van der Waals surface area (Å²) in [5.41, 5.74) is 22.9. The highest BCUT2D eigenvalue weighted by atomic mass is 15.2. The number of nitriles is 2. The molecule has 22 rings (SSSR count). The van der Waals surface area contributed by atoms with Gasteiger partial charge in [0, 0.05) is 148 Å². The molecular weight excluding hydrogens is 1470 g/mol. The Morgan fingerprint density at radius 2 is 0.442 bits per heavy atom. The zero-order chi connectivity index (χ0) is 79.7. The van der Waals surface area contributed by atoms with Gasteiger partial charge in [-0.15, -0.1) is 0 Å². The van der Waals surface area contributed by atoms with Crippen molar-refractivity contribution in [1.29, 1.82) is 10.5 Å². The van der Waals surface area contributed by atoms with Gasteiger partial charge in [0.05, 0.1) is 11.1 Å². The van der Waals surface area contributed by atoms with Gasteiger partial charge in [0.1, 0.15) is 35.5 Å². The molecule has 0 saturated heterocycles. The average molecular weight is 1540 g/mol. The van der Waals surface area contributed by atoms with Crippen LogP contribution in [0.4, 0.5) is 80.1 Å². The van der Waals surface area contributed by atoms with E-state index in [9.17, 15) is 10.5 Å². The van der Waals surface area contributed by atoms with E-state index in [1.54, 1.807) is 0 Å². The van der Waals surface area contributed by atoms with Gasteiger partial charge in [-0.1, -0.05) is 194 Å². The van der Waals surface area contributed by atoms with Gasteiger partial charge in [0.2, 0.25) is 0 Å². The van der Waals surface area contributed by atoms with Gasteiger partial charge >= 0.3 is 0 Å². The van der Waals surface area contributed by atoms with Crippen molar-refractivity contribution in [1.82, 2.24) is 19.9 Å². The number of benzene rings is 14. The summed E-state index contributed by atoms with van der Waals surface area (Å²) in [6.07, 6.45) is 7.45. The largest absolute Gasteiger partial charge is 0.339 e. The van der Waals surface area contributed by atoms with Crippen LogP contribution in [0.3, 0.4) is 0 Å². The smallest absolute Gasteiger partial charge is 0.154 e. The molecule has 16 heteroatoms. The molecule has 0 fully saturated rings. The summed E-state index contributed by atoms with van der Waals surface area (Å²) in [6, 6.07) is 120. The molecule has 0 spiro atoms. The number of nitrogens with zero attached hydrogens (tertiary/aromatic N) is 12. The van der Waals surface area contributed by atoms with Crippen LogP contribution in [0.15, 0.2) is 384 Å². The Balaban J connectivity index is 0.557. The van der Waals surface area contributed by atoms with Gasteiger partial charge in [-0.2, -0.15) is 10.5 Å². The monoisotopic (exact) mass is 1540 g/mol. The van der Waals surface area contributed by atoms with Crippen molar-refractivity contribution in [2.24, 2.45) is 20.0 Å². The molecule has 120 heavy (non-hydrogen) atoms. The molecule has 4 aromatic heterocycles. The first-order valence-electron chi connectivity index (χ1n) is 39.4. The highest BCUT2D eigenvalue weighted by molar-refractivity contribution is 6.29. The van der Waals surface area contributed by atoms with Gasteiger partial charge in [-0.3, -0.25) is 0 Å². The number of aliphatic imine (C=N–C) groups is 4. The van der Waals surface area contributed by atoms with Gasteiger partial charge in [0.25, 0.3) is 0 Å². The van der Waals surface area contributed by atoms with Crippen molar-refractivity contribution >= 4 is 158 Å². The van der Waals surface area contributed by atoms with Crippen molar-refractivity contribution in [2.45, 2.75) is 0 Å². The number of rotatable bonds is 16. The normalized spacial score (nSPS) is 14.1. The molecule has 0 unspecified atom stereocenters. The molecule has 0 atom stereocenters. The molecule has 8 heterocycles. The number of hydrogen-bond acceptors (Lipinski definition) is 12. The van der Waals surface area contributed by atoms with Crippen LogP contribution in [-0.2, 0) is 0 Å². The number of anilines is 10. The fourth-order valence-corrected chi connectivity index (χ4v) is 16.8. The Hall–Kier alpha value is -17.1. The Morgan fingerprint density at radius 3 is 0.650 bits per heavy atom. The zero-order valence-corrected chi connectivity index (χ0v) is 64.0. The third-order valence-electron chi connectivity index (χ3n) is 22.7.